The van der Waals surface area contributed by atoms with Crippen LogP contribution in [0.5, 0.6) is 0 Å². The van der Waals surface area contributed by atoms with E-state index in [0.717, 1.165) is 17.0 Å². The molecule has 2 amide bonds. The topological polar surface area (TPSA) is 59.1 Å². The SMILES string of the molecule is Cc1cc2c(c(C)n1)C[C@@H]1C(=O)NC(=O)[C@@H]1C2. The first-order chi connectivity index (χ1) is 8.06. The monoisotopic (exact) mass is 230 g/mol. The molecule has 1 saturated heterocycles. The molecule has 0 aromatic carbocycles. The fourth-order valence-corrected chi connectivity index (χ4v) is 3.00. The first kappa shape index (κ1) is 10.4. The molecule has 2 aliphatic rings. The third-order valence-electron chi connectivity index (χ3n) is 3.82. The molecule has 1 aromatic rings. The van der Waals surface area contributed by atoms with Crippen LogP contribution < -0.4 is 5.32 Å². The van der Waals surface area contributed by atoms with Crippen LogP contribution in [0.2, 0.25) is 0 Å². The van der Waals surface area contributed by atoms with Crippen molar-refractivity contribution < 1.29 is 9.59 Å². The van der Waals surface area contributed by atoms with Crippen LogP contribution in [0.1, 0.15) is 22.5 Å². The Bertz CT molecular complexity index is 536. The quantitative estimate of drug-likeness (QED) is 0.667. The van der Waals surface area contributed by atoms with Gasteiger partial charge in [0.2, 0.25) is 11.8 Å². The van der Waals surface area contributed by atoms with Gasteiger partial charge < -0.3 is 0 Å². The summed E-state index contributed by atoms with van der Waals surface area (Å²) in [6, 6.07) is 2.04. The first-order valence-electron chi connectivity index (χ1n) is 5.87. The highest BCUT2D eigenvalue weighted by Gasteiger charge is 2.44. The van der Waals surface area contributed by atoms with E-state index in [1.807, 2.05) is 19.9 Å². The lowest BCUT2D eigenvalue weighted by atomic mass is 9.77. The summed E-state index contributed by atoms with van der Waals surface area (Å²) in [7, 11) is 0. The standard InChI is InChI=1S/C13H14N2O2/c1-6-3-8-4-10-11(13(17)15-12(10)16)5-9(8)7(2)14-6/h3,10-11H,4-5H2,1-2H3,(H,15,16,17)/t10-,11+/m1/s1. The Balaban J connectivity index is 2.08. The minimum Gasteiger partial charge on any atom is -0.296 e. The molecule has 0 bridgehead atoms. The van der Waals surface area contributed by atoms with Crippen molar-refractivity contribution >= 4 is 11.8 Å². The average molecular weight is 230 g/mol. The molecular formula is C13H14N2O2. The molecule has 1 aliphatic carbocycles. The van der Waals surface area contributed by atoms with Gasteiger partial charge in [-0.3, -0.25) is 19.9 Å². The van der Waals surface area contributed by atoms with Crippen molar-refractivity contribution in [1.82, 2.24) is 10.3 Å². The van der Waals surface area contributed by atoms with Gasteiger partial charge in [0.05, 0.1) is 11.8 Å². The maximum Gasteiger partial charge on any atom is 0.230 e. The molecule has 2 atom stereocenters. The molecule has 0 unspecified atom stereocenters. The number of imide groups is 1. The van der Waals surface area contributed by atoms with Crippen LogP contribution >= 0.6 is 0 Å². The summed E-state index contributed by atoms with van der Waals surface area (Å²) in [4.78, 5) is 27.7. The number of aromatic nitrogens is 1. The molecule has 1 N–H and O–H groups in total. The van der Waals surface area contributed by atoms with E-state index >= 15 is 0 Å². The second kappa shape index (κ2) is 3.39. The van der Waals surface area contributed by atoms with Gasteiger partial charge in [-0.2, -0.15) is 0 Å². The highest BCUT2D eigenvalue weighted by molar-refractivity contribution is 6.05. The van der Waals surface area contributed by atoms with Crippen molar-refractivity contribution in [3.63, 3.8) is 0 Å². The fourth-order valence-electron chi connectivity index (χ4n) is 3.00. The second-order valence-electron chi connectivity index (χ2n) is 4.96. The smallest absolute Gasteiger partial charge is 0.230 e. The molecule has 0 saturated carbocycles. The Morgan fingerprint density at radius 2 is 1.82 bits per heavy atom. The van der Waals surface area contributed by atoms with Gasteiger partial charge in [0.25, 0.3) is 0 Å². The number of nitrogens with one attached hydrogen (secondary N) is 1. The molecule has 4 heteroatoms. The van der Waals surface area contributed by atoms with Crippen LogP contribution in [-0.4, -0.2) is 16.8 Å². The third kappa shape index (κ3) is 1.47. The van der Waals surface area contributed by atoms with Crippen molar-refractivity contribution in [2.45, 2.75) is 26.7 Å². The number of nitrogens with zero attached hydrogens (tertiary/aromatic N) is 1. The van der Waals surface area contributed by atoms with E-state index < -0.39 is 0 Å². The normalized spacial score (nSPS) is 26.5. The molecule has 2 heterocycles. The summed E-state index contributed by atoms with van der Waals surface area (Å²) in [6.07, 6.45) is 1.32. The summed E-state index contributed by atoms with van der Waals surface area (Å²) in [6.45, 7) is 3.93. The Morgan fingerprint density at radius 1 is 1.18 bits per heavy atom. The van der Waals surface area contributed by atoms with Crippen molar-refractivity contribution in [3.05, 3.63) is 28.6 Å². The van der Waals surface area contributed by atoms with Gasteiger partial charge in [-0.15, -0.1) is 0 Å². The van der Waals surface area contributed by atoms with Gasteiger partial charge in [-0.1, -0.05) is 0 Å². The van der Waals surface area contributed by atoms with E-state index in [1.165, 1.54) is 5.56 Å². The number of amides is 2. The molecular weight excluding hydrogens is 216 g/mol. The highest BCUT2D eigenvalue weighted by Crippen LogP contribution is 2.35. The minimum atomic E-state index is -0.182. The van der Waals surface area contributed by atoms with Gasteiger partial charge in [0.1, 0.15) is 0 Å². The molecule has 0 spiro atoms. The van der Waals surface area contributed by atoms with Gasteiger partial charge in [0.15, 0.2) is 0 Å². The number of rotatable bonds is 0. The maximum atomic E-state index is 11.7. The minimum absolute atomic E-state index is 0.113. The first-order valence-corrected chi connectivity index (χ1v) is 5.87. The second-order valence-corrected chi connectivity index (χ2v) is 4.96. The number of fused-ring (bicyclic) bond motifs is 2. The van der Waals surface area contributed by atoms with E-state index in [-0.39, 0.29) is 23.7 Å². The Hall–Kier alpha value is -1.71. The zero-order chi connectivity index (χ0) is 12.2. The van der Waals surface area contributed by atoms with Crippen LogP contribution in [0.25, 0.3) is 0 Å². The number of hydrogen-bond donors (Lipinski definition) is 1. The molecule has 1 aliphatic heterocycles. The summed E-state index contributed by atoms with van der Waals surface area (Å²) in [5.74, 6) is -0.585. The molecule has 17 heavy (non-hydrogen) atoms. The van der Waals surface area contributed by atoms with E-state index in [2.05, 4.69) is 10.3 Å². The summed E-state index contributed by atoms with van der Waals surface area (Å²) >= 11 is 0. The lowest BCUT2D eigenvalue weighted by Crippen LogP contribution is -2.28. The highest BCUT2D eigenvalue weighted by atomic mass is 16.2. The number of hydrogen-bond acceptors (Lipinski definition) is 3. The molecule has 88 valence electrons. The van der Waals surface area contributed by atoms with Gasteiger partial charge in [-0.25, -0.2) is 0 Å². The van der Waals surface area contributed by atoms with Crippen LogP contribution in [0.4, 0.5) is 0 Å². The van der Waals surface area contributed by atoms with Crippen molar-refractivity contribution in [2.24, 2.45) is 11.8 Å². The van der Waals surface area contributed by atoms with E-state index in [1.54, 1.807) is 0 Å². The molecule has 0 radical (unpaired) electrons. The van der Waals surface area contributed by atoms with Crippen LogP contribution in [0.15, 0.2) is 6.07 Å². The van der Waals surface area contributed by atoms with E-state index in [0.29, 0.717) is 12.8 Å². The summed E-state index contributed by atoms with van der Waals surface area (Å²) < 4.78 is 0. The Kier molecular flexibility index (Phi) is 2.08. The Morgan fingerprint density at radius 3 is 2.53 bits per heavy atom. The van der Waals surface area contributed by atoms with E-state index in [4.69, 9.17) is 0 Å². The zero-order valence-electron chi connectivity index (χ0n) is 9.91. The molecule has 1 fully saturated rings. The van der Waals surface area contributed by atoms with Crippen LogP contribution in [0.3, 0.4) is 0 Å². The number of aryl methyl sites for hydroxylation is 2. The predicted molar refractivity (Wildman–Crippen MR) is 61.2 cm³/mol. The van der Waals surface area contributed by atoms with Gasteiger partial charge >= 0.3 is 0 Å². The van der Waals surface area contributed by atoms with Crippen molar-refractivity contribution in [2.75, 3.05) is 0 Å². The van der Waals surface area contributed by atoms with Gasteiger partial charge in [-0.05, 0) is 43.9 Å². The van der Waals surface area contributed by atoms with Crippen LogP contribution in [0, 0.1) is 25.7 Å². The van der Waals surface area contributed by atoms with Gasteiger partial charge in [0, 0.05) is 11.4 Å². The molecule has 4 nitrogen and oxygen atoms in total. The largest absolute Gasteiger partial charge is 0.296 e. The predicted octanol–water partition coefficient (Wildman–Crippen LogP) is 0.686. The fraction of sp³-hybridized carbons (Fsp3) is 0.462. The lowest BCUT2D eigenvalue weighted by Gasteiger charge is -2.25. The lowest BCUT2D eigenvalue weighted by molar-refractivity contribution is -0.126. The molecule has 1 aromatic heterocycles. The summed E-state index contributed by atoms with van der Waals surface area (Å²) in [5.41, 5.74) is 4.30. The average Bonchev–Trinajstić information content (AvgIpc) is 2.52. The number of carbonyl (C=O) groups is 2. The summed E-state index contributed by atoms with van der Waals surface area (Å²) in [5, 5.41) is 2.43. The van der Waals surface area contributed by atoms with Crippen LogP contribution in [-0.2, 0) is 22.4 Å². The van der Waals surface area contributed by atoms with Crippen molar-refractivity contribution in [3.8, 4) is 0 Å². The Labute approximate surface area is 99.4 Å². The third-order valence-corrected chi connectivity index (χ3v) is 3.82. The maximum absolute atomic E-state index is 11.7. The number of pyridine rings is 1. The zero-order valence-corrected chi connectivity index (χ0v) is 9.91. The number of carbonyl (C=O) groups excluding carboxylic acids is 2. The van der Waals surface area contributed by atoms with Crippen molar-refractivity contribution in [1.29, 1.82) is 0 Å². The van der Waals surface area contributed by atoms with E-state index in [9.17, 15) is 9.59 Å². The molecule has 3 rings (SSSR count).